The number of hydrogen-bond donors (Lipinski definition) is 5. The maximum atomic E-state index is 13.3. The summed E-state index contributed by atoms with van der Waals surface area (Å²) >= 11 is 0. The minimum atomic E-state index is -1.20. The highest BCUT2D eigenvalue weighted by Crippen LogP contribution is 2.15. The number of carboxylic acid groups (broad SMARTS) is 1. The number of carboxylic acids is 1. The Balaban J connectivity index is 5.57. The summed E-state index contributed by atoms with van der Waals surface area (Å²) in [5, 5.41) is 19.1. The molecule has 0 aromatic rings. The second kappa shape index (κ2) is 14.5. The van der Waals surface area contributed by atoms with Gasteiger partial charge in [0.25, 0.3) is 0 Å². The number of hydrogen-bond acceptors (Lipinski definition) is 6. The molecule has 11 nitrogen and oxygen atoms in total. The van der Waals surface area contributed by atoms with Crippen LogP contribution in [0.4, 0.5) is 0 Å². The molecule has 0 unspecified atom stereocenters. The zero-order chi connectivity index (χ0) is 25.9. The normalized spacial score (nSPS) is 14.7. The zero-order valence-electron chi connectivity index (χ0n) is 21.0. The molecule has 0 spiro atoms. The van der Waals surface area contributed by atoms with Crippen molar-refractivity contribution in [2.24, 2.45) is 11.8 Å². The van der Waals surface area contributed by atoms with Crippen LogP contribution in [0.1, 0.15) is 54.4 Å². The summed E-state index contributed by atoms with van der Waals surface area (Å²) in [5.41, 5.74) is 0. The molecule has 0 saturated heterocycles. The Morgan fingerprint density at radius 1 is 0.788 bits per heavy atom. The fourth-order valence-corrected chi connectivity index (χ4v) is 3.10. The van der Waals surface area contributed by atoms with E-state index in [1.807, 2.05) is 27.7 Å². The molecule has 0 aliphatic carbocycles. The van der Waals surface area contributed by atoms with Crippen molar-refractivity contribution in [1.29, 1.82) is 0 Å². The molecule has 0 aromatic heterocycles. The topological polar surface area (TPSA) is 157 Å². The number of carbonyl (C=O) groups excluding carboxylic acids is 4. The third-order valence-electron chi connectivity index (χ3n) is 5.13. The molecule has 0 saturated carbocycles. The summed E-state index contributed by atoms with van der Waals surface area (Å²) in [7, 11) is 3.15. The molecule has 0 aliphatic heterocycles. The molecule has 5 N–H and O–H groups in total. The summed E-state index contributed by atoms with van der Waals surface area (Å²) in [6.07, 6.45) is 0.738. The van der Waals surface area contributed by atoms with Crippen LogP contribution >= 0.6 is 0 Å². The van der Waals surface area contributed by atoms with Gasteiger partial charge < -0.3 is 31.3 Å². The monoisotopic (exact) mass is 471 g/mol. The Kier molecular flexibility index (Phi) is 13.3. The van der Waals surface area contributed by atoms with Crippen molar-refractivity contribution in [2.75, 3.05) is 20.6 Å². The van der Waals surface area contributed by atoms with E-state index in [4.69, 9.17) is 5.11 Å². The first-order valence-corrected chi connectivity index (χ1v) is 11.2. The van der Waals surface area contributed by atoms with Crippen LogP contribution in [-0.4, -0.2) is 84.4 Å². The Bertz CT molecular complexity index is 697. The van der Waals surface area contributed by atoms with E-state index in [-0.39, 0.29) is 17.7 Å². The van der Waals surface area contributed by atoms with Gasteiger partial charge >= 0.3 is 5.97 Å². The quantitative estimate of drug-likeness (QED) is 0.233. The van der Waals surface area contributed by atoms with Crippen LogP contribution in [0.5, 0.6) is 0 Å². The first-order valence-electron chi connectivity index (χ1n) is 11.2. The smallest absolute Gasteiger partial charge is 0.322 e. The number of carbonyl (C=O) groups is 5. The summed E-state index contributed by atoms with van der Waals surface area (Å²) in [6.45, 7) is 10.2. The fourth-order valence-electron chi connectivity index (χ4n) is 3.10. The van der Waals surface area contributed by atoms with Crippen LogP contribution in [-0.2, 0) is 24.0 Å². The third kappa shape index (κ3) is 11.1. The first kappa shape index (κ1) is 30.3. The van der Waals surface area contributed by atoms with Crippen LogP contribution in [0.2, 0.25) is 0 Å². The SMILES string of the molecule is CN[C@@H](C)C(=O)N[C@@H](CC(C)C)C(=O)N(C)[C@@H](CC(C)C)C(=O)N[C@@H](C)C(=O)NCC(=O)O. The fraction of sp³-hybridized carbons (Fsp3) is 0.773. The van der Waals surface area contributed by atoms with E-state index >= 15 is 0 Å². The minimum absolute atomic E-state index is 0.0644. The van der Waals surface area contributed by atoms with Gasteiger partial charge in [0.2, 0.25) is 23.6 Å². The molecule has 0 rings (SSSR count). The van der Waals surface area contributed by atoms with E-state index in [0.717, 1.165) is 0 Å². The van der Waals surface area contributed by atoms with Crippen LogP contribution in [0, 0.1) is 11.8 Å². The van der Waals surface area contributed by atoms with E-state index in [0.29, 0.717) is 12.8 Å². The van der Waals surface area contributed by atoms with Crippen molar-refractivity contribution in [1.82, 2.24) is 26.2 Å². The molecule has 4 amide bonds. The van der Waals surface area contributed by atoms with Crippen LogP contribution in [0.15, 0.2) is 0 Å². The van der Waals surface area contributed by atoms with Gasteiger partial charge in [0, 0.05) is 7.05 Å². The maximum Gasteiger partial charge on any atom is 0.322 e. The molecular formula is C22H41N5O6. The van der Waals surface area contributed by atoms with Gasteiger partial charge in [0.05, 0.1) is 6.04 Å². The van der Waals surface area contributed by atoms with E-state index < -0.39 is 54.4 Å². The number of rotatable bonds is 14. The molecule has 0 aromatic carbocycles. The molecule has 190 valence electrons. The minimum Gasteiger partial charge on any atom is -0.480 e. The van der Waals surface area contributed by atoms with Crippen molar-refractivity contribution in [3.63, 3.8) is 0 Å². The molecule has 0 heterocycles. The van der Waals surface area contributed by atoms with E-state index in [1.54, 1.807) is 14.0 Å². The average Bonchev–Trinajstić information content (AvgIpc) is 2.72. The Labute approximate surface area is 196 Å². The Morgan fingerprint density at radius 3 is 1.79 bits per heavy atom. The molecule has 0 fully saturated rings. The van der Waals surface area contributed by atoms with Gasteiger partial charge in [-0.15, -0.1) is 0 Å². The molecule has 11 heteroatoms. The molecule has 33 heavy (non-hydrogen) atoms. The number of likely N-dealkylation sites (N-methyl/N-ethyl adjacent to an activating group) is 2. The summed E-state index contributed by atoms with van der Waals surface area (Å²) in [5.74, 6) is -2.91. The van der Waals surface area contributed by atoms with Crippen molar-refractivity contribution in [3.8, 4) is 0 Å². The molecular weight excluding hydrogens is 430 g/mol. The molecule has 4 atom stereocenters. The lowest BCUT2D eigenvalue weighted by atomic mass is 9.98. The van der Waals surface area contributed by atoms with Gasteiger partial charge in [0.1, 0.15) is 24.7 Å². The molecule has 0 bridgehead atoms. The standard InChI is InChI=1S/C22H41N5O6/c1-12(2)9-16(26-20(31)14(5)23-7)22(33)27(8)17(10-13(3)4)21(32)25-15(6)19(30)24-11-18(28)29/h12-17,23H,9-11H2,1-8H3,(H,24,30)(H,25,32)(H,26,31)(H,28,29)/t14-,15-,16-,17-/m0/s1. The summed E-state index contributed by atoms with van der Waals surface area (Å²) in [6, 6.07) is -3.16. The largest absolute Gasteiger partial charge is 0.480 e. The van der Waals surface area contributed by atoms with Crippen LogP contribution < -0.4 is 21.3 Å². The van der Waals surface area contributed by atoms with Crippen molar-refractivity contribution >= 4 is 29.6 Å². The highest BCUT2D eigenvalue weighted by atomic mass is 16.4. The van der Waals surface area contributed by atoms with Crippen molar-refractivity contribution < 1.29 is 29.1 Å². The number of nitrogens with one attached hydrogen (secondary N) is 4. The lowest BCUT2D eigenvalue weighted by molar-refractivity contribution is -0.143. The second-order valence-corrected chi connectivity index (χ2v) is 9.14. The number of aliphatic carboxylic acids is 1. The Hall–Kier alpha value is -2.69. The van der Waals surface area contributed by atoms with E-state index in [2.05, 4.69) is 21.3 Å². The van der Waals surface area contributed by atoms with Gasteiger partial charge in [-0.1, -0.05) is 27.7 Å². The second-order valence-electron chi connectivity index (χ2n) is 9.14. The van der Waals surface area contributed by atoms with E-state index in [9.17, 15) is 24.0 Å². The predicted octanol–water partition coefficient (Wildman–Crippen LogP) is -0.296. The summed E-state index contributed by atoms with van der Waals surface area (Å²) in [4.78, 5) is 62.7. The maximum absolute atomic E-state index is 13.3. The molecule has 0 aliphatic rings. The lowest BCUT2D eigenvalue weighted by Gasteiger charge is -2.33. The first-order chi connectivity index (χ1) is 15.2. The zero-order valence-corrected chi connectivity index (χ0v) is 21.0. The number of nitrogens with zero attached hydrogens (tertiary/aromatic N) is 1. The van der Waals surface area contributed by atoms with Crippen LogP contribution in [0.3, 0.4) is 0 Å². The van der Waals surface area contributed by atoms with Gasteiger partial charge in [-0.2, -0.15) is 0 Å². The van der Waals surface area contributed by atoms with Crippen molar-refractivity contribution in [3.05, 3.63) is 0 Å². The van der Waals surface area contributed by atoms with Crippen LogP contribution in [0.25, 0.3) is 0 Å². The highest BCUT2D eigenvalue weighted by Gasteiger charge is 2.34. The lowest BCUT2D eigenvalue weighted by Crippen LogP contribution is -2.58. The van der Waals surface area contributed by atoms with Gasteiger partial charge in [0.15, 0.2) is 0 Å². The predicted molar refractivity (Wildman–Crippen MR) is 124 cm³/mol. The van der Waals surface area contributed by atoms with Gasteiger partial charge in [-0.05, 0) is 45.6 Å². The van der Waals surface area contributed by atoms with Gasteiger partial charge in [-0.25, -0.2) is 0 Å². The molecule has 0 radical (unpaired) electrons. The third-order valence-corrected chi connectivity index (χ3v) is 5.13. The van der Waals surface area contributed by atoms with Gasteiger partial charge in [-0.3, -0.25) is 24.0 Å². The van der Waals surface area contributed by atoms with Crippen molar-refractivity contribution in [2.45, 2.75) is 78.6 Å². The number of amides is 4. The van der Waals surface area contributed by atoms with E-state index in [1.165, 1.54) is 18.9 Å². The Morgan fingerprint density at radius 2 is 1.33 bits per heavy atom. The highest BCUT2D eigenvalue weighted by molar-refractivity contribution is 5.95. The average molecular weight is 472 g/mol. The summed E-state index contributed by atoms with van der Waals surface area (Å²) < 4.78 is 0.